The number of benzene rings is 1. The van der Waals surface area contributed by atoms with Gasteiger partial charge in [-0.2, -0.15) is 0 Å². The number of hydrogen-bond acceptors (Lipinski definition) is 0. The fourth-order valence-electron chi connectivity index (χ4n) is 0.620. The molecule has 3 heteroatoms. The predicted octanol–water partition coefficient (Wildman–Crippen LogP) is 2.56. The molecule has 0 N–H and O–H groups in total. The monoisotopic (exact) mass is 208 g/mol. The zero-order chi connectivity index (χ0) is 6.69. The van der Waals surface area contributed by atoms with Gasteiger partial charge in [0, 0.05) is 25.4 Å². The maximum absolute atomic E-state index is 12.3. The Kier molecular flexibility index (Phi) is 4.84. The fourth-order valence-corrected chi connectivity index (χ4v) is 0.786. The maximum atomic E-state index is 12.3. The van der Waals surface area contributed by atoms with Crippen LogP contribution in [0.15, 0.2) is 24.3 Å². The molecular weight excluding hydrogens is 204 g/mol. The standard InChI is InChI=1S/C7H6ClF.Zn/c8-5-6-2-1-3-7(9)4-6;/h1-4H,5H2;. The first-order chi connectivity index (χ1) is 4.33. The molecule has 0 fully saturated rings. The van der Waals surface area contributed by atoms with Gasteiger partial charge >= 0.3 is 0 Å². The van der Waals surface area contributed by atoms with Crippen molar-refractivity contribution in [2.45, 2.75) is 5.88 Å². The minimum absolute atomic E-state index is 0. The van der Waals surface area contributed by atoms with E-state index >= 15 is 0 Å². The summed E-state index contributed by atoms with van der Waals surface area (Å²) in [6, 6.07) is 6.26. The molecule has 0 bridgehead atoms. The van der Waals surface area contributed by atoms with E-state index in [0.29, 0.717) is 5.88 Å². The molecule has 0 heterocycles. The zero-order valence-corrected chi connectivity index (χ0v) is 9.20. The Hall–Kier alpha value is 0.0634. The molecule has 0 aromatic heterocycles. The van der Waals surface area contributed by atoms with E-state index in [1.807, 2.05) is 0 Å². The summed E-state index contributed by atoms with van der Waals surface area (Å²) < 4.78 is 12.3. The minimum Gasteiger partial charge on any atom is -0.207 e. The van der Waals surface area contributed by atoms with Crippen molar-refractivity contribution in [3.63, 3.8) is 0 Å². The van der Waals surface area contributed by atoms with Crippen LogP contribution in [0, 0.1) is 5.82 Å². The number of rotatable bonds is 1. The van der Waals surface area contributed by atoms with E-state index in [1.165, 1.54) is 12.1 Å². The molecule has 0 atom stereocenters. The fraction of sp³-hybridized carbons (Fsp3) is 0.143. The number of hydrogen-bond donors (Lipinski definition) is 0. The van der Waals surface area contributed by atoms with E-state index in [9.17, 15) is 4.39 Å². The summed E-state index contributed by atoms with van der Waals surface area (Å²) in [5, 5.41) is 0. The van der Waals surface area contributed by atoms with E-state index in [1.54, 1.807) is 12.1 Å². The molecule has 0 spiro atoms. The molecule has 0 aliphatic heterocycles. The maximum Gasteiger partial charge on any atom is 0.123 e. The average Bonchev–Trinajstić information content (AvgIpc) is 1.88. The van der Waals surface area contributed by atoms with E-state index in [2.05, 4.69) is 0 Å². The largest absolute Gasteiger partial charge is 0.207 e. The van der Waals surface area contributed by atoms with E-state index in [4.69, 9.17) is 11.6 Å². The van der Waals surface area contributed by atoms with Gasteiger partial charge in [-0.1, -0.05) is 12.1 Å². The summed E-state index contributed by atoms with van der Waals surface area (Å²) in [4.78, 5) is 0. The van der Waals surface area contributed by atoms with Crippen LogP contribution in [0.1, 0.15) is 5.56 Å². The van der Waals surface area contributed by atoms with Gasteiger partial charge in [0.25, 0.3) is 0 Å². The first kappa shape index (κ1) is 10.1. The van der Waals surface area contributed by atoms with Gasteiger partial charge in [0.1, 0.15) is 5.82 Å². The quantitative estimate of drug-likeness (QED) is 0.493. The smallest absolute Gasteiger partial charge is 0.123 e. The van der Waals surface area contributed by atoms with E-state index in [-0.39, 0.29) is 25.3 Å². The Bertz CT molecular complexity index is 203. The van der Waals surface area contributed by atoms with Crippen molar-refractivity contribution in [2.24, 2.45) is 0 Å². The Morgan fingerprint density at radius 1 is 1.40 bits per heavy atom. The topological polar surface area (TPSA) is 0 Å². The summed E-state index contributed by atoms with van der Waals surface area (Å²) >= 11 is 5.43. The average molecular weight is 210 g/mol. The molecule has 0 amide bonds. The van der Waals surface area contributed by atoms with Crippen LogP contribution in [0.2, 0.25) is 0 Å². The second-order valence-electron chi connectivity index (χ2n) is 1.76. The Balaban J connectivity index is 0.000000810. The van der Waals surface area contributed by atoms with Crippen molar-refractivity contribution in [3.05, 3.63) is 35.6 Å². The van der Waals surface area contributed by atoms with Gasteiger partial charge in [-0.3, -0.25) is 0 Å². The van der Waals surface area contributed by atoms with Crippen LogP contribution in [0.5, 0.6) is 0 Å². The van der Waals surface area contributed by atoms with Crippen LogP contribution in [-0.4, -0.2) is 0 Å². The SMILES string of the molecule is Fc1cccc(CCl)c1.[Zn]. The molecule has 0 saturated carbocycles. The summed E-state index contributed by atoms with van der Waals surface area (Å²) in [5.74, 6) is 0.144. The molecule has 1 rings (SSSR count). The van der Waals surface area contributed by atoms with Crippen LogP contribution in [0.25, 0.3) is 0 Å². The van der Waals surface area contributed by atoms with Gasteiger partial charge < -0.3 is 0 Å². The zero-order valence-electron chi connectivity index (χ0n) is 5.48. The number of alkyl halides is 1. The van der Waals surface area contributed by atoms with Crippen molar-refractivity contribution in [1.29, 1.82) is 0 Å². The predicted molar refractivity (Wildman–Crippen MR) is 36.0 cm³/mol. The third kappa shape index (κ3) is 2.76. The first-order valence-corrected chi connectivity index (χ1v) is 3.17. The summed E-state index contributed by atoms with van der Waals surface area (Å²) in [5.41, 5.74) is 0.816. The summed E-state index contributed by atoms with van der Waals surface area (Å²) in [7, 11) is 0. The van der Waals surface area contributed by atoms with Gasteiger partial charge in [0.05, 0.1) is 0 Å². The van der Waals surface area contributed by atoms with E-state index < -0.39 is 0 Å². The minimum atomic E-state index is -0.229. The first-order valence-electron chi connectivity index (χ1n) is 2.63. The van der Waals surface area contributed by atoms with Crippen LogP contribution in [0.3, 0.4) is 0 Å². The Morgan fingerprint density at radius 2 is 2.10 bits per heavy atom. The van der Waals surface area contributed by atoms with Crippen molar-refractivity contribution in [3.8, 4) is 0 Å². The summed E-state index contributed by atoms with van der Waals surface area (Å²) in [6.07, 6.45) is 0. The molecule has 0 aliphatic carbocycles. The van der Waals surface area contributed by atoms with Gasteiger partial charge in [-0.05, 0) is 17.7 Å². The van der Waals surface area contributed by atoms with Gasteiger partial charge in [0.15, 0.2) is 0 Å². The normalized spacial score (nSPS) is 8.60. The molecule has 0 aliphatic rings. The molecular formula is C7H6ClFZn. The molecule has 50 valence electrons. The second kappa shape index (κ2) is 4.81. The molecule has 10 heavy (non-hydrogen) atoms. The van der Waals surface area contributed by atoms with Crippen molar-refractivity contribution in [1.82, 2.24) is 0 Å². The van der Waals surface area contributed by atoms with Gasteiger partial charge in [-0.25, -0.2) is 4.39 Å². The molecule has 0 radical (unpaired) electrons. The van der Waals surface area contributed by atoms with Gasteiger partial charge in [-0.15, -0.1) is 11.6 Å². The molecule has 1 aromatic carbocycles. The third-order valence-corrected chi connectivity index (χ3v) is 1.35. The number of halogens is 2. The molecule has 0 nitrogen and oxygen atoms in total. The third-order valence-electron chi connectivity index (χ3n) is 1.04. The second-order valence-corrected chi connectivity index (χ2v) is 2.03. The van der Waals surface area contributed by atoms with Crippen LogP contribution < -0.4 is 0 Å². The molecule has 0 unspecified atom stereocenters. The van der Waals surface area contributed by atoms with Crippen molar-refractivity contribution >= 4 is 11.6 Å². The Morgan fingerprint density at radius 3 is 2.50 bits per heavy atom. The molecule has 1 aromatic rings. The van der Waals surface area contributed by atoms with Gasteiger partial charge in [0.2, 0.25) is 0 Å². The Labute approximate surface area is 77.1 Å². The van der Waals surface area contributed by atoms with E-state index in [0.717, 1.165) is 5.56 Å². The van der Waals surface area contributed by atoms with Crippen LogP contribution >= 0.6 is 11.6 Å². The van der Waals surface area contributed by atoms with Crippen molar-refractivity contribution in [2.75, 3.05) is 0 Å². The van der Waals surface area contributed by atoms with Crippen LogP contribution in [-0.2, 0) is 25.4 Å². The molecule has 0 saturated heterocycles. The van der Waals surface area contributed by atoms with Crippen molar-refractivity contribution < 1.29 is 23.9 Å². The van der Waals surface area contributed by atoms with Crippen LogP contribution in [0.4, 0.5) is 4.39 Å². The summed E-state index contributed by atoms with van der Waals surface area (Å²) in [6.45, 7) is 0.